The molecule has 0 heterocycles. The van der Waals surface area contributed by atoms with Gasteiger partial charge >= 0.3 is 0 Å². The summed E-state index contributed by atoms with van der Waals surface area (Å²) in [5.74, 6) is 4.84. The lowest BCUT2D eigenvalue weighted by Gasteiger charge is -2.14. The van der Waals surface area contributed by atoms with Crippen molar-refractivity contribution < 1.29 is 4.92 Å². The number of nitrogens with zero attached hydrogens (tertiary/aromatic N) is 1. The fourth-order valence-electron chi connectivity index (χ4n) is 4.99. The molecule has 5 unspecified atom stereocenters. The molecule has 106 valence electrons. The quantitative estimate of drug-likeness (QED) is 0.470. The van der Waals surface area contributed by atoms with Gasteiger partial charge in [-0.3, -0.25) is 10.1 Å². The van der Waals surface area contributed by atoms with E-state index in [9.17, 15) is 10.1 Å². The molecule has 2 bridgehead atoms. The third-order valence-corrected chi connectivity index (χ3v) is 6.72. The van der Waals surface area contributed by atoms with Gasteiger partial charge in [-0.1, -0.05) is 28.1 Å². The van der Waals surface area contributed by atoms with E-state index in [0.29, 0.717) is 4.83 Å². The summed E-state index contributed by atoms with van der Waals surface area (Å²) >= 11 is 3.89. The average Bonchev–Trinajstić information content (AvgIpc) is 2.89. The third-order valence-electron chi connectivity index (χ3n) is 5.79. The maximum Gasteiger partial charge on any atom is 0.269 e. The van der Waals surface area contributed by atoms with E-state index in [-0.39, 0.29) is 10.6 Å². The molecule has 1 aromatic rings. The molecule has 0 radical (unpaired) electrons. The Bertz CT molecular complexity index is 528. The molecule has 0 N–H and O–H groups in total. The van der Waals surface area contributed by atoms with Crippen LogP contribution in [0.15, 0.2) is 24.3 Å². The topological polar surface area (TPSA) is 43.1 Å². The molecule has 4 rings (SSSR count). The summed E-state index contributed by atoms with van der Waals surface area (Å²) < 4.78 is 0. The van der Waals surface area contributed by atoms with Crippen LogP contribution in [0.3, 0.4) is 0 Å². The number of nitro groups is 1. The minimum atomic E-state index is -0.335. The first-order valence-corrected chi connectivity index (χ1v) is 8.44. The molecular weight excluding hydrogens is 318 g/mol. The first-order valence-electron chi connectivity index (χ1n) is 7.52. The normalized spacial score (nSPS) is 38.5. The average molecular weight is 336 g/mol. The van der Waals surface area contributed by atoms with E-state index in [1.807, 2.05) is 12.1 Å². The highest BCUT2D eigenvalue weighted by atomic mass is 79.9. The molecule has 4 heteroatoms. The van der Waals surface area contributed by atoms with Crippen molar-refractivity contribution in [1.29, 1.82) is 0 Å². The number of benzene rings is 1. The van der Waals surface area contributed by atoms with Crippen LogP contribution in [0.25, 0.3) is 0 Å². The second-order valence-electron chi connectivity index (χ2n) is 6.71. The van der Waals surface area contributed by atoms with Gasteiger partial charge in [0.05, 0.1) is 4.92 Å². The minimum absolute atomic E-state index is 0.182. The summed E-state index contributed by atoms with van der Waals surface area (Å²) in [7, 11) is 0. The fourth-order valence-corrected chi connectivity index (χ4v) is 6.07. The van der Waals surface area contributed by atoms with Gasteiger partial charge in [-0.05, 0) is 60.8 Å². The van der Waals surface area contributed by atoms with Gasteiger partial charge in [-0.2, -0.15) is 0 Å². The number of alkyl halides is 1. The Labute approximate surface area is 127 Å². The van der Waals surface area contributed by atoms with E-state index >= 15 is 0 Å². The lowest BCUT2D eigenvalue weighted by atomic mass is 9.97. The molecule has 3 aliphatic rings. The highest BCUT2D eigenvalue weighted by Crippen LogP contribution is 2.71. The van der Waals surface area contributed by atoms with Gasteiger partial charge in [0.25, 0.3) is 5.69 Å². The molecule has 0 aliphatic heterocycles. The van der Waals surface area contributed by atoms with Gasteiger partial charge in [0, 0.05) is 17.0 Å². The van der Waals surface area contributed by atoms with E-state index in [1.165, 1.54) is 24.8 Å². The Kier molecular flexibility index (Phi) is 2.92. The van der Waals surface area contributed by atoms with Gasteiger partial charge in [-0.25, -0.2) is 0 Å². The zero-order chi connectivity index (χ0) is 13.9. The van der Waals surface area contributed by atoms with Crippen molar-refractivity contribution in [2.75, 3.05) is 0 Å². The highest BCUT2D eigenvalue weighted by molar-refractivity contribution is 9.09. The van der Waals surface area contributed by atoms with Crippen LogP contribution in [0.5, 0.6) is 0 Å². The molecular formula is C16H18BrNO2. The Balaban J connectivity index is 1.41. The van der Waals surface area contributed by atoms with Crippen LogP contribution in [0.2, 0.25) is 0 Å². The van der Waals surface area contributed by atoms with E-state index in [0.717, 1.165) is 36.0 Å². The minimum Gasteiger partial charge on any atom is -0.258 e. The predicted octanol–water partition coefficient (Wildman–Crippen LogP) is 4.19. The van der Waals surface area contributed by atoms with Crippen LogP contribution < -0.4 is 0 Å². The maximum atomic E-state index is 10.7. The van der Waals surface area contributed by atoms with Gasteiger partial charge in [0.2, 0.25) is 0 Å². The number of nitro benzene ring substituents is 1. The molecule has 3 nitrogen and oxygen atoms in total. The number of hydrogen-bond donors (Lipinski definition) is 0. The number of non-ortho nitro benzene ring substituents is 1. The van der Waals surface area contributed by atoms with Gasteiger partial charge in [0.15, 0.2) is 0 Å². The van der Waals surface area contributed by atoms with Crippen molar-refractivity contribution in [3.05, 3.63) is 39.9 Å². The van der Waals surface area contributed by atoms with Gasteiger partial charge in [-0.15, -0.1) is 0 Å². The SMILES string of the molecule is O=[N+]([O-])c1ccc(CC(Br)C2C3C4CCC(C4)C23)cc1. The lowest BCUT2D eigenvalue weighted by molar-refractivity contribution is -0.384. The van der Waals surface area contributed by atoms with Gasteiger partial charge in [0.1, 0.15) is 0 Å². The van der Waals surface area contributed by atoms with Crippen LogP contribution >= 0.6 is 15.9 Å². The van der Waals surface area contributed by atoms with Crippen LogP contribution in [0.1, 0.15) is 24.8 Å². The van der Waals surface area contributed by atoms with E-state index < -0.39 is 0 Å². The summed E-state index contributed by atoms with van der Waals surface area (Å²) in [6.07, 6.45) is 5.40. The largest absolute Gasteiger partial charge is 0.269 e. The fraction of sp³-hybridized carbons (Fsp3) is 0.625. The van der Waals surface area contributed by atoms with Crippen molar-refractivity contribution in [2.24, 2.45) is 29.6 Å². The van der Waals surface area contributed by atoms with Gasteiger partial charge < -0.3 is 0 Å². The molecule has 0 aromatic heterocycles. The molecule has 5 atom stereocenters. The molecule has 20 heavy (non-hydrogen) atoms. The van der Waals surface area contributed by atoms with E-state index in [2.05, 4.69) is 15.9 Å². The Morgan fingerprint density at radius 3 is 2.35 bits per heavy atom. The third kappa shape index (κ3) is 1.92. The lowest BCUT2D eigenvalue weighted by Crippen LogP contribution is -2.12. The van der Waals surface area contributed by atoms with E-state index in [4.69, 9.17) is 0 Å². The summed E-state index contributed by atoms with van der Waals surface area (Å²) in [6.45, 7) is 0. The molecule has 1 aromatic carbocycles. The molecule has 3 aliphatic carbocycles. The first-order chi connectivity index (χ1) is 9.65. The number of hydrogen-bond acceptors (Lipinski definition) is 2. The Morgan fingerprint density at radius 2 is 1.80 bits per heavy atom. The van der Waals surface area contributed by atoms with E-state index in [1.54, 1.807) is 12.1 Å². The monoisotopic (exact) mass is 335 g/mol. The summed E-state index contributed by atoms with van der Waals surface area (Å²) in [6, 6.07) is 7.04. The molecule has 0 amide bonds. The van der Waals surface area contributed by atoms with Crippen molar-refractivity contribution in [3.8, 4) is 0 Å². The van der Waals surface area contributed by atoms with Crippen molar-refractivity contribution in [1.82, 2.24) is 0 Å². The van der Waals surface area contributed by atoms with Crippen molar-refractivity contribution in [2.45, 2.75) is 30.5 Å². The summed E-state index contributed by atoms with van der Waals surface area (Å²) in [4.78, 5) is 10.9. The van der Waals surface area contributed by atoms with Crippen molar-refractivity contribution >= 4 is 21.6 Å². The van der Waals surface area contributed by atoms with Crippen LogP contribution in [0.4, 0.5) is 5.69 Å². The van der Waals surface area contributed by atoms with Crippen LogP contribution in [0, 0.1) is 39.7 Å². The second kappa shape index (κ2) is 4.55. The van der Waals surface area contributed by atoms with Crippen LogP contribution in [-0.2, 0) is 6.42 Å². The molecule has 0 saturated heterocycles. The first kappa shape index (κ1) is 12.8. The van der Waals surface area contributed by atoms with Crippen molar-refractivity contribution in [3.63, 3.8) is 0 Å². The zero-order valence-electron chi connectivity index (χ0n) is 11.2. The standard InChI is InChI=1S/C16H18BrNO2/c17-13(7-9-1-5-12(6-2-9)18(19)20)16-14-10-3-4-11(8-10)15(14)16/h1-2,5-6,10-11,13-16H,3-4,7-8H2. The zero-order valence-corrected chi connectivity index (χ0v) is 12.8. The predicted molar refractivity (Wildman–Crippen MR) is 80.8 cm³/mol. The number of rotatable bonds is 4. The Morgan fingerprint density at radius 1 is 1.20 bits per heavy atom. The Hall–Kier alpha value is -0.900. The summed E-state index contributed by atoms with van der Waals surface area (Å²) in [5.41, 5.74) is 1.39. The smallest absolute Gasteiger partial charge is 0.258 e. The second-order valence-corrected chi connectivity index (χ2v) is 7.89. The molecule has 0 spiro atoms. The van der Waals surface area contributed by atoms with Crippen LogP contribution in [-0.4, -0.2) is 9.75 Å². The maximum absolute atomic E-state index is 10.7. The highest BCUT2D eigenvalue weighted by Gasteiger charge is 2.66. The molecule has 3 saturated carbocycles. The molecule has 3 fully saturated rings. The summed E-state index contributed by atoms with van der Waals surface area (Å²) in [5, 5.41) is 10.7. The number of fused-ring (bicyclic) bond motifs is 5. The number of halogens is 1.